The van der Waals surface area contributed by atoms with Crippen LogP contribution in [0.15, 0.2) is 48.5 Å². The number of nitrogens with one attached hydrogen (secondary N) is 1. The highest BCUT2D eigenvalue weighted by molar-refractivity contribution is 6.09. The molecule has 0 unspecified atom stereocenters. The molecule has 3 rings (SSSR count). The maximum Gasteiger partial charge on any atom is 0.325 e. The molecule has 1 heterocycles. The van der Waals surface area contributed by atoms with Crippen molar-refractivity contribution in [2.24, 2.45) is 5.92 Å². The Kier molecular flexibility index (Phi) is 4.38. The first-order valence-electron chi connectivity index (χ1n) is 8.63. The molecule has 0 saturated carbocycles. The Morgan fingerprint density at radius 2 is 1.64 bits per heavy atom. The summed E-state index contributed by atoms with van der Waals surface area (Å²) in [6.07, 6.45) is 0. The zero-order valence-corrected chi connectivity index (χ0v) is 15.2. The lowest BCUT2D eigenvalue weighted by Crippen LogP contribution is -2.45. The van der Waals surface area contributed by atoms with Gasteiger partial charge < -0.3 is 5.32 Å². The van der Waals surface area contributed by atoms with Gasteiger partial charge >= 0.3 is 6.03 Å². The lowest BCUT2D eigenvalue weighted by molar-refractivity contribution is -0.130. The molecule has 4 heteroatoms. The van der Waals surface area contributed by atoms with E-state index in [4.69, 9.17) is 0 Å². The van der Waals surface area contributed by atoms with Gasteiger partial charge in [0.2, 0.25) is 0 Å². The summed E-state index contributed by atoms with van der Waals surface area (Å²) in [6.45, 7) is 8.46. The number of imide groups is 1. The van der Waals surface area contributed by atoms with Crippen molar-refractivity contribution in [3.05, 3.63) is 70.8 Å². The SMILES string of the molecule is Cc1ccc([C@@]2(c3ccccc3)NC(=O)N(CC(C)C)C2=O)cc1C. The van der Waals surface area contributed by atoms with Gasteiger partial charge in [-0.05, 0) is 42.0 Å². The van der Waals surface area contributed by atoms with Gasteiger partial charge in [-0.25, -0.2) is 4.79 Å². The quantitative estimate of drug-likeness (QED) is 0.865. The van der Waals surface area contributed by atoms with Crippen LogP contribution < -0.4 is 5.32 Å². The summed E-state index contributed by atoms with van der Waals surface area (Å²) in [5.41, 5.74) is 2.67. The van der Waals surface area contributed by atoms with E-state index in [0.717, 1.165) is 22.3 Å². The lowest BCUT2D eigenvalue weighted by atomic mass is 9.81. The van der Waals surface area contributed by atoms with Crippen LogP contribution in [0.5, 0.6) is 0 Å². The van der Waals surface area contributed by atoms with Gasteiger partial charge in [0, 0.05) is 6.54 Å². The van der Waals surface area contributed by atoms with E-state index in [0.29, 0.717) is 6.54 Å². The minimum Gasteiger partial charge on any atom is -0.315 e. The van der Waals surface area contributed by atoms with Gasteiger partial charge in [-0.15, -0.1) is 0 Å². The number of carbonyl (C=O) groups excluding carboxylic acids is 2. The summed E-state index contributed by atoms with van der Waals surface area (Å²) in [7, 11) is 0. The molecule has 2 aromatic carbocycles. The van der Waals surface area contributed by atoms with Crippen molar-refractivity contribution in [3.8, 4) is 0 Å². The molecule has 0 aliphatic carbocycles. The monoisotopic (exact) mass is 336 g/mol. The zero-order valence-electron chi connectivity index (χ0n) is 15.2. The minimum atomic E-state index is -1.16. The van der Waals surface area contributed by atoms with Crippen molar-refractivity contribution >= 4 is 11.9 Å². The summed E-state index contributed by atoms with van der Waals surface area (Å²) in [4.78, 5) is 27.4. The summed E-state index contributed by atoms with van der Waals surface area (Å²) >= 11 is 0. The van der Waals surface area contributed by atoms with Crippen molar-refractivity contribution in [1.29, 1.82) is 0 Å². The van der Waals surface area contributed by atoms with Crippen LogP contribution in [0.2, 0.25) is 0 Å². The molecule has 25 heavy (non-hydrogen) atoms. The molecule has 3 amide bonds. The highest BCUT2D eigenvalue weighted by Crippen LogP contribution is 2.37. The van der Waals surface area contributed by atoms with Crippen LogP contribution >= 0.6 is 0 Å². The maximum atomic E-state index is 13.4. The maximum absolute atomic E-state index is 13.4. The molecule has 1 aliphatic heterocycles. The third kappa shape index (κ3) is 2.82. The Labute approximate surface area is 148 Å². The van der Waals surface area contributed by atoms with Gasteiger partial charge in [0.05, 0.1) is 0 Å². The number of urea groups is 1. The van der Waals surface area contributed by atoms with Crippen LogP contribution in [-0.2, 0) is 10.3 Å². The first kappa shape index (κ1) is 17.2. The molecule has 0 bridgehead atoms. The number of hydrogen-bond acceptors (Lipinski definition) is 2. The van der Waals surface area contributed by atoms with E-state index >= 15 is 0 Å². The van der Waals surface area contributed by atoms with Crippen molar-refractivity contribution in [1.82, 2.24) is 10.2 Å². The summed E-state index contributed by atoms with van der Waals surface area (Å²) in [5.74, 6) is 0.00156. The number of hydrogen-bond donors (Lipinski definition) is 1. The third-order valence-corrected chi connectivity index (χ3v) is 4.80. The van der Waals surface area contributed by atoms with Crippen LogP contribution in [0.1, 0.15) is 36.1 Å². The summed E-state index contributed by atoms with van der Waals surface area (Å²) in [5, 5.41) is 2.99. The van der Waals surface area contributed by atoms with Crippen LogP contribution in [0.25, 0.3) is 0 Å². The van der Waals surface area contributed by atoms with E-state index in [1.807, 2.05) is 76.2 Å². The molecule has 4 nitrogen and oxygen atoms in total. The third-order valence-electron chi connectivity index (χ3n) is 4.80. The fraction of sp³-hybridized carbons (Fsp3) is 0.333. The first-order valence-corrected chi connectivity index (χ1v) is 8.63. The molecule has 1 atom stereocenters. The molecule has 2 aromatic rings. The molecule has 1 saturated heterocycles. The van der Waals surface area contributed by atoms with Gasteiger partial charge in [-0.2, -0.15) is 0 Å². The molecular formula is C21H24N2O2. The minimum absolute atomic E-state index is 0.208. The molecule has 0 aromatic heterocycles. The van der Waals surface area contributed by atoms with Crippen molar-refractivity contribution in [3.63, 3.8) is 0 Å². The van der Waals surface area contributed by atoms with E-state index in [9.17, 15) is 9.59 Å². The molecule has 0 spiro atoms. The number of aryl methyl sites for hydroxylation is 2. The van der Waals surface area contributed by atoms with Gasteiger partial charge in [0.15, 0.2) is 5.54 Å². The first-order chi connectivity index (χ1) is 11.9. The number of benzene rings is 2. The van der Waals surface area contributed by atoms with Crippen LogP contribution in [0.4, 0.5) is 4.79 Å². The second kappa shape index (κ2) is 6.36. The average molecular weight is 336 g/mol. The van der Waals surface area contributed by atoms with Gasteiger partial charge in [0.25, 0.3) is 5.91 Å². The molecule has 0 radical (unpaired) electrons. The van der Waals surface area contributed by atoms with Crippen LogP contribution in [0.3, 0.4) is 0 Å². The van der Waals surface area contributed by atoms with E-state index in [1.54, 1.807) is 0 Å². The molecule has 1 fully saturated rings. The Balaban J connectivity index is 2.19. The van der Waals surface area contributed by atoms with E-state index in [1.165, 1.54) is 4.90 Å². The number of nitrogens with zero attached hydrogens (tertiary/aromatic N) is 1. The van der Waals surface area contributed by atoms with Crippen molar-refractivity contribution < 1.29 is 9.59 Å². The Morgan fingerprint density at radius 1 is 0.960 bits per heavy atom. The number of amides is 3. The smallest absolute Gasteiger partial charge is 0.315 e. The lowest BCUT2D eigenvalue weighted by Gasteiger charge is -2.29. The van der Waals surface area contributed by atoms with Gasteiger partial charge in [-0.3, -0.25) is 9.69 Å². The predicted molar refractivity (Wildman–Crippen MR) is 98.2 cm³/mol. The molecular weight excluding hydrogens is 312 g/mol. The Hall–Kier alpha value is -2.62. The van der Waals surface area contributed by atoms with E-state index in [-0.39, 0.29) is 17.9 Å². The predicted octanol–water partition coefficient (Wildman–Crippen LogP) is 3.75. The standard InChI is InChI=1S/C21H24N2O2/c1-14(2)13-23-19(24)21(22-20(23)25,17-8-6-5-7-9-17)18-11-10-15(3)16(4)12-18/h5-12,14H,13H2,1-4H3,(H,22,25)/t21-/m1/s1. The largest absolute Gasteiger partial charge is 0.325 e. The van der Waals surface area contributed by atoms with Gasteiger partial charge in [0.1, 0.15) is 0 Å². The Morgan fingerprint density at radius 3 is 2.24 bits per heavy atom. The summed E-state index contributed by atoms with van der Waals surface area (Å²) in [6, 6.07) is 15.1. The van der Waals surface area contributed by atoms with E-state index in [2.05, 4.69) is 5.32 Å². The highest BCUT2D eigenvalue weighted by Gasteiger charge is 2.53. The number of carbonyl (C=O) groups is 2. The van der Waals surface area contributed by atoms with Crippen molar-refractivity contribution in [2.45, 2.75) is 33.2 Å². The Bertz CT molecular complexity index is 814. The van der Waals surface area contributed by atoms with Crippen LogP contribution in [-0.4, -0.2) is 23.4 Å². The second-order valence-electron chi connectivity index (χ2n) is 7.15. The highest BCUT2D eigenvalue weighted by atomic mass is 16.2. The fourth-order valence-electron chi connectivity index (χ4n) is 3.33. The number of rotatable bonds is 4. The van der Waals surface area contributed by atoms with Crippen molar-refractivity contribution in [2.75, 3.05) is 6.54 Å². The fourth-order valence-corrected chi connectivity index (χ4v) is 3.33. The molecule has 130 valence electrons. The second-order valence-corrected chi connectivity index (χ2v) is 7.15. The van der Waals surface area contributed by atoms with Gasteiger partial charge in [-0.1, -0.05) is 62.4 Å². The summed E-state index contributed by atoms with van der Waals surface area (Å²) < 4.78 is 0. The van der Waals surface area contributed by atoms with Crippen LogP contribution in [0, 0.1) is 19.8 Å². The normalized spacial score (nSPS) is 20.3. The molecule has 1 N–H and O–H groups in total. The average Bonchev–Trinajstić information content (AvgIpc) is 2.83. The topological polar surface area (TPSA) is 49.4 Å². The zero-order chi connectivity index (χ0) is 18.2. The van der Waals surface area contributed by atoms with E-state index < -0.39 is 5.54 Å². The molecule has 1 aliphatic rings.